The van der Waals surface area contributed by atoms with Gasteiger partial charge < -0.3 is 19.3 Å². The van der Waals surface area contributed by atoms with Crippen molar-refractivity contribution in [1.82, 2.24) is 0 Å². The summed E-state index contributed by atoms with van der Waals surface area (Å²) < 4.78 is 17.3. The first-order valence-electron chi connectivity index (χ1n) is 11.6. The first-order valence-corrected chi connectivity index (χ1v) is 11.6. The third-order valence-corrected chi connectivity index (χ3v) is 5.07. The summed E-state index contributed by atoms with van der Waals surface area (Å²) in [6.45, 7) is 9.77. The number of benzene rings is 2. The average Bonchev–Trinajstić information content (AvgIpc) is 2.78. The van der Waals surface area contributed by atoms with Crippen molar-refractivity contribution in [1.29, 1.82) is 0 Å². The number of phenols is 1. The van der Waals surface area contributed by atoms with Gasteiger partial charge in [-0.2, -0.15) is 0 Å². The van der Waals surface area contributed by atoms with Crippen LogP contribution in [0.3, 0.4) is 0 Å². The lowest BCUT2D eigenvalue weighted by Crippen LogP contribution is -2.02. The first-order chi connectivity index (χ1) is 15.5. The maximum Gasteiger partial charge on any atom is 0.161 e. The molecule has 2 rings (SSSR count). The number of allylic oxidation sites excluding steroid dienone is 2. The van der Waals surface area contributed by atoms with E-state index in [1.165, 1.54) is 5.57 Å². The Morgan fingerprint density at radius 1 is 0.844 bits per heavy atom. The number of aromatic hydroxyl groups is 1. The third kappa shape index (κ3) is 7.99. The van der Waals surface area contributed by atoms with Crippen LogP contribution in [0.1, 0.15) is 70.1 Å². The van der Waals surface area contributed by atoms with Gasteiger partial charge >= 0.3 is 0 Å². The van der Waals surface area contributed by atoms with Crippen LogP contribution in [0, 0.1) is 0 Å². The summed E-state index contributed by atoms with van der Waals surface area (Å²) >= 11 is 0. The molecular formula is C28H38O4. The van der Waals surface area contributed by atoms with Crippen molar-refractivity contribution >= 4 is 12.2 Å². The molecule has 0 fully saturated rings. The Labute approximate surface area is 193 Å². The Kier molecular flexibility index (Phi) is 10.7. The maximum atomic E-state index is 10.5. The van der Waals surface area contributed by atoms with E-state index >= 15 is 0 Å². The zero-order valence-corrected chi connectivity index (χ0v) is 20.2. The number of hydrogen-bond acceptors (Lipinski definition) is 4. The van der Waals surface area contributed by atoms with Gasteiger partial charge in [0.05, 0.1) is 20.3 Å². The first kappa shape index (κ1) is 25.4. The molecular weight excluding hydrogens is 400 g/mol. The van der Waals surface area contributed by atoms with Crippen LogP contribution in [0.4, 0.5) is 0 Å². The van der Waals surface area contributed by atoms with E-state index in [0.717, 1.165) is 53.9 Å². The van der Waals surface area contributed by atoms with Gasteiger partial charge in [-0.1, -0.05) is 56.6 Å². The zero-order valence-electron chi connectivity index (χ0n) is 20.2. The quantitative estimate of drug-likeness (QED) is 0.201. The Balaban J connectivity index is 2.27. The highest BCUT2D eigenvalue weighted by molar-refractivity contribution is 5.73. The Morgan fingerprint density at radius 2 is 1.47 bits per heavy atom. The number of hydrogen-bond donors (Lipinski definition) is 1. The molecule has 0 aliphatic rings. The van der Waals surface area contributed by atoms with Crippen molar-refractivity contribution < 1.29 is 19.3 Å². The Hall–Kier alpha value is -2.88. The number of ether oxygens (including phenoxy) is 3. The molecule has 0 saturated carbocycles. The second-order valence-electron chi connectivity index (χ2n) is 8.16. The van der Waals surface area contributed by atoms with Gasteiger partial charge in [0, 0.05) is 5.56 Å². The van der Waals surface area contributed by atoms with Gasteiger partial charge in [-0.15, -0.1) is 0 Å². The molecule has 4 nitrogen and oxygen atoms in total. The predicted octanol–water partition coefficient (Wildman–Crippen LogP) is 7.44. The fraction of sp³-hybridized carbons (Fsp3) is 0.429. The molecule has 2 aromatic rings. The average molecular weight is 439 g/mol. The number of phenolic OH excluding ortho intramolecular Hbond substituents is 1. The third-order valence-electron chi connectivity index (χ3n) is 5.07. The molecule has 0 saturated heterocycles. The van der Waals surface area contributed by atoms with Crippen molar-refractivity contribution in [3.05, 3.63) is 58.7 Å². The minimum absolute atomic E-state index is 0.197. The van der Waals surface area contributed by atoms with E-state index in [9.17, 15) is 5.11 Å². The van der Waals surface area contributed by atoms with Crippen molar-refractivity contribution in [2.24, 2.45) is 0 Å². The standard InChI is InChI=1S/C28H38O4/c1-6-8-16-31-25-15-13-22(19-26(25)32-17-9-7-2)11-12-23-18-24(14-10-21(3)4)28(29)27(20-23)30-5/h10-13,15,18-20,29H,6-9,14,16-17H2,1-5H3. The molecule has 2 aromatic carbocycles. The van der Waals surface area contributed by atoms with Gasteiger partial charge in [0.2, 0.25) is 0 Å². The minimum atomic E-state index is 0.197. The molecule has 4 heteroatoms. The van der Waals surface area contributed by atoms with E-state index in [2.05, 4.69) is 19.9 Å². The second kappa shape index (κ2) is 13.5. The van der Waals surface area contributed by atoms with Crippen molar-refractivity contribution in [3.8, 4) is 23.0 Å². The van der Waals surface area contributed by atoms with E-state index in [4.69, 9.17) is 14.2 Å². The predicted molar refractivity (Wildman–Crippen MR) is 134 cm³/mol. The molecule has 0 atom stereocenters. The molecule has 0 unspecified atom stereocenters. The SMILES string of the molecule is CCCCOc1ccc(C=Cc2cc(CC=C(C)C)c(O)c(OC)c2)cc1OCCCC. The Morgan fingerprint density at radius 3 is 2.09 bits per heavy atom. The van der Waals surface area contributed by atoms with Crippen LogP contribution >= 0.6 is 0 Å². The van der Waals surface area contributed by atoms with E-state index in [1.807, 2.05) is 56.3 Å². The lowest BCUT2D eigenvalue weighted by molar-refractivity contribution is 0.262. The molecule has 1 N–H and O–H groups in total. The van der Waals surface area contributed by atoms with Gasteiger partial charge in [-0.3, -0.25) is 0 Å². The van der Waals surface area contributed by atoms with Crippen molar-refractivity contribution in [2.45, 2.75) is 59.8 Å². The fourth-order valence-corrected chi connectivity index (χ4v) is 3.12. The zero-order chi connectivity index (χ0) is 23.3. The lowest BCUT2D eigenvalue weighted by Gasteiger charge is -2.13. The van der Waals surface area contributed by atoms with Crippen LogP contribution in [0.5, 0.6) is 23.0 Å². The maximum absolute atomic E-state index is 10.5. The van der Waals surface area contributed by atoms with E-state index in [1.54, 1.807) is 7.11 Å². The van der Waals surface area contributed by atoms with Gasteiger partial charge in [-0.25, -0.2) is 0 Å². The summed E-state index contributed by atoms with van der Waals surface area (Å²) in [6.07, 6.45) is 11.0. The molecule has 0 spiro atoms. The summed E-state index contributed by atoms with van der Waals surface area (Å²) in [5.41, 5.74) is 4.04. The summed E-state index contributed by atoms with van der Waals surface area (Å²) in [5, 5.41) is 10.5. The van der Waals surface area contributed by atoms with Gasteiger partial charge in [0.15, 0.2) is 23.0 Å². The summed E-state index contributed by atoms with van der Waals surface area (Å²) in [5.74, 6) is 2.25. The van der Waals surface area contributed by atoms with E-state index in [0.29, 0.717) is 25.4 Å². The Bertz CT molecular complexity index is 908. The summed E-state index contributed by atoms with van der Waals surface area (Å²) in [4.78, 5) is 0. The molecule has 0 radical (unpaired) electrons. The number of methoxy groups -OCH3 is 1. The van der Waals surface area contributed by atoms with Crippen LogP contribution in [0.2, 0.25) is 0 Å². The molecule has 0 aromatic heterocycles. The van der Waals surface area contributed by atoms with Crippen molar-refractivity contribution in [2.75, 3.05) is 20.3 Å². The topological polar surface area (TPSA) is 47.9 Å². The molecule has 32 heavy (non-hydrogen) atoms. The smallest absolute Gasteiger partial charge is 0.161 e. The lowest BCUT2D eigenvalue weighted by atomic mass is 10.0. The molecule has 0 aliphatic carbocycles. The van der Waals surface area contributed by atoms with E-state index in [-0.39, 0.29) is 5.75 Å². The highest BCUT2D eigenvalue weighted by Gasteiger charge is 2.10. The van der Waals surface area contributed by atoms with Crippen LogP contribution in [0.15, 0.2) is 42.0 Å². The molecule has 174 valence electrons. The summed E-state index contributed by atoms with van der Waals surface area (Å²) in [7, 11) is 1.57. The highest BCUT2D eigenvalue weighted by Crippen LogP contribution is 2.34. The molecule has 0 aliphatic heterocycles. The van der Waals surface area contributed by atoms with E-state index < -0.39 is 0 Å². The second-order valence-corrected chi connectivity index (χ2v) is 8.16. The number of rotatable bonds is 13. The summed E-state index contributed by atoms with van der Waals surface area (Å²) in [6, 6.07) is 9.88. The van der Waals surface area contributed by atoms with Gasteiger partial charge in [0.25, 0.3) is 0 Å². The molecule has 0 heterocycles. The van der Waals surface area contributed by atoms with Crippen LogP contribution in [0.25, 0.3) is 12.2 Å². The van der Waals surface area contributed by atoms with Gasteiger partial charge in [-0.05, 0) is 68.5 Å². The van der Waals surface area contributed by atoms with Crippen LogP contribution < -0.4 is 14.2 Å². The van der Waals surface area contributed by atoms with Gasteiger partial charge in [0.1, 0.15) is 0 Å². The molecule has 0 bridgehead atoms. The highest BCUT2D eigenvalue weighted by atomic mass is 16.5. The molecule has 0 amide bonds. The van der Waals surface area contributed by atoms with Crippen LogP contribution in [-0.2, 0) is 6.42 Å². The van der Waals surface area contributed by atoms with Crippen molar-refractivity contribution in [3.63, 3.8) is 0 Å². The normalized spacial score (nSPS) is 10.9. The largest absolute Gasteiger partial charge is 0.504 e. The monoisotopic (exact) mass is 438 g/mol. The minimum Gasteiger partial charge on any atom is -0.504 e. The number of unbranched alkanes of at least 4 members (excludes halogenated alkanes) is 2. The van der Waals surface area contributed by atoms with Crippen LogP contribution in [-0.4, -0.2) is 25.4 Å². The fourth-order valence-electron chi connectivity index (χ4n) is 3.12.